The SMILES string of the molecule is COc1ccc(CNC(=O)[C@H]2Cc3cc(F)ccc3O2)cc1C(=O)O. The van der Waals surface area contributed by atoms with Crippen LogP contribution in [0, 0.1) is 5.82 Å². The number of rotatable bonds is 5. The fourth-order valence-electron chi connectivity index (χ4n) is 2.70. The van der Waals surface area contributed by atoms with E-state index < -0.39 is 12.1 Å². The molecule has 0 bridgehead atoms. The van der Waals surface area contributed by atoms with E-state index in [9.17, 15) is 19.1 Å². The Balaban J connectivity index is 1.64. The summed E-state index contributed by atoms with van der Waals surface area (Å²) in [5.41, 5.74) is 1.29. The van der Waals surface area contributed by atoms with Crippen LogP contribution in [0.1, 0.15) is 21.5 Å². The molecule has 0 fully saturated rings. The van der Waals surface area contributed by atoms with Crippen LogP contribution in [-0.2, 0) is 17.8 Å². The Bertz CT molecular complexity index is 836. The van der Waals surface area contributed by atoms with Crippen LogP contribution >= 0.6 is 0 Å². The van der Waals surface area contributed by atoms with Crippen LogP contribution in [0.4, 0.5) is 4.39 Å². The Morgan fingerprint density at radius 1 is 1.32 bits per heavy atom. The van der Waals surface area contributed by atoms with Crippen LogP contribution in [0.15, 0.2) is 36.4 Å². The molecule has 0 saturated carbocycles. The first-order valence-corrected chi connectivity index (χ1v) is 7.61. The van der Waals surface area contributed by atoms with Crippen molar-refractivity contribution in [2.45, 2.75) is 19.1 Å². The highest BCUT2D eigenvalue weighted by Gasteiger charge is 2.29. The molecule has 1 aliphatic rings. The predicted molar refractivity (Wildman–Crippen MR) is 86.3 cm³/mol. The molecular weight excluding hydrogens is 329 g/mol. The number of carboxylic acids is 1. The number of amides is 1. The number of aromatic carboxylic acids is 1. The van der Waals surface area contributed by atoms with Gasteiger partial charge in [0.2, 0.25) is 0 Å². The number of fused-ring (bicyclic) bond motifs is 1. The molecular formula is C18H16FNO5. The summed E-state index contributed by atoms with van der Waals surface area (Å²) in [6.07, 6.45) is -0.434. The molecule has 7 heteroatoms. The molecule has 2 N–H and O–H groups in total. The molecule has 6 nitrogen and oxygen atoms in total. The maximum atomic E-state index is 13.2. The number of carbonyl (C=O) groups is 2. The molecule has 0 unspecified atom stereocenters. The van der Waals surface area contributed by atoms with Crippen molar-refractivity contribution >= 4 is 11.9 Å². The Morgan fingerprint density at radius 2 is 2.12 bits per heavy atom. The van der Waals surface area contributed by atoms with Gasteiger partial charge in [0.05, 0.1) is 7.11 Å². The minimum Gasteiger partial charge on any atom is -0.496 e. The van der Waals surface area contributed by atoms with Gasteiger partial charge in [-0.2, -0.15) is 0 Å². The van der Waals surface area contributed by atoms with E-state index in [4.69, 9.17) is 9.47 Å². The fourth-order valence-corrected chi connectivity index (χ4v) is 2.70. The summed E-state index contributed by atoms with van der Waals surface area (Å²) in [5.74, 6) is -1.08. The first kappa shape index (κ1) is 16.8. The zero-order valence-electron chi connectivity index (χ0n) is 13.4. The van der Waals surface area contributed by atoms with Crippen LogP contribution < -0.4 is 14.8 Å². The molecule has 1 heterocycles. The normalized spacial score (nSPS) is 15.2. The fraction of sp³-hybridized carbons (Fsp3) is 0.222. The average Bonchev–Trinajstić information content (AvgIpc) is 3.02. The number of carboxylic acid groups (broad SMARTS) is 1. The van der Waals surface area contributed by atoms with Crippen LogP contribution in [0.25, 0.3) is 0 Å². The molecule has 3 rings (SSSR count). The number of nitrogens with one attached hydrogen (secondary N) is 1. The summed E-state index contributed by atoms with van der Waals surface area (Å²) >= 11 is 0. The van der Waals surface area contributed by atoms with Gasteiger partial charge in [-0.05, 0) is 35.9 Å². The van der Waals surface area contributed by atoms with Crippen LogP contribution in [0.3, 0.4) is 0 Å². The van der Waals surface area contributed by atoms with Crippen molar-refractivity contribution in [2.24, 2.45) is 0 Å². The van der Waals surface area contributed by atoms with Crippen molar-refractivity contribution in [1.29, 1.82) is 0 Å². The van der Waals surface area contributed by atoms with Gasteiger partial charge in [0.25, 0.3) is 5.91 Å². The van der Waals surface area contributed by atoms with E-state index in [-0.39, 0.29) is 29.6 Å². The Hall–Kier alpha value is -3.09. The van der Waals surface area contributed by atoms with Gasteiger partial charge < -0.3 is 19.9 Å². The smallest absolute Gasteiger partial charge is 0.339 e. The molecule has 1 aliphatic heterocycles. The highest BCUT2D eigenvalue weighted by atomic mass is 19.1. The van der Waals surface area contributed by atoms with Gasteiger partial charge in [-0.3, -0.25) is 4.79 Å². The van der Waals surface area contributed by atoms with Crippen molar-refractivity contribution in [3.63, 3.8) is 0 Å². The lowest BCUT2D eigenvalue weighted by Gasteiger charge is -2.12. The first-order valence-electron chi connectivity index (χ1n) is 7.61. The number of carbonyl (C=O) groups excluding carboxylic acids is 1. The van der Waals surface area contributed by atoms with Gasteiger partial charge in [0.1, 0.15) is 22.9 Å². The zero-order chi connectivity index (χ0) is 18.0. The van der Waals surface area contributed by atoms with E-state index in [0.717, 1.165) is 0 Å². The summed E-state index contributed by atoms with van der Waals surface area (Å²) in [5, 5.41) is 11.9. The van der Waals surface area contributed by atoms with Crippen LogP contribution in [-0.4, -0.2) is 30.2 Å². The van der Waals surface area contributed by atoms with Crippen molar-refractivity contribution in [3.8, 4) is 11.5 Å². The molecule has 0 aliphatic carbocycles. The van der Waals surface area contributed by atoms with E-state index in [0.29, 0.717) is 23.3 Å². The number of halogens is 1. The third-order valence-electron chi connectivity index (χ3n) is 3.95. The molecule has 2 aromatic carbocycles. The summed E-state index contributed by atoms with van der Waals surface area (Å²) in [6.45, 7) is 0.147. The number of hydrogen-bond acceptors (Lipinski definition) is 4. The Labute approximate surface area is 143 Å². The van der Waals surface area contributed by atoms with Gasteiger partial charge in [0, 0.05) is 18.5 Å². The van der Waals surface area contributed by atoms with Crippen LogP contribution in [0.5, 0.6) is 11.5 Å². The zero-order valence-corrected chi connectivity index (χ0v) is 13.4. The summed E-state index contributed by atoms with van der Waals surface area (Å²) in [6, 6.07) is 8.79. The Morgan fingerprint density at radius 3 is 2.84 bits per heavy atom. The topological polar surface area (TPSA) is 84.9 Å². The van der Waals surface area contributed by atoms with E-state index in [2.05, 4.69) is 5.32 Å². The molecule has 0 saturated heterocycles. The van der Waals surface area contributed by atoms with Gasteiger partial charge in [-0.25, -0.2) is 9.18 Å². The maximum Gasteiger partial charge on any atom is 0.339 e. The van der Waals surface area contributed by atoms with Gasteiger partial charge in [0.15, 0.2) is 6.10 Å². The van der Waals surface area contributed by atoms with E-state index in [1.807, 2.05) is 0 Å². The molecule has 2 aromatic rings. The van der Waals surface area contributed by atoms with Crippen molar-refractivity contribution in [2.75, 3.05) is 7.11 Å². The Kier molecular flexibility index (Phi) is 4.56. The molecule has 130 valence electrons. The number of ether oxygens (including phenoxy) is 2. The van der Waals surface area contributed by atoms with Gasteiger partial charge >= 0.3 is 5.97 Å². The largest absolute Gasteiger partial charge is 0.496 e. The number of benzene rings is 2. The molecule has 1 amide bonds. The maximum absolute atomic E-state index is 13.2. The second-order valence-corrected chi connectivity index (χ2v) is 5.62. The van der Waals surface area contributed by atoms with Crippen molar-refractivity contribution < 1.29 is 28.6 Å². The monoisotopic (exact) mass is 345 g/mol. The summed E-state index contributed by atoms with van der Waals surface area (Å²) in [4.78, 5) is 23.5. The van der Waals surface area contributed by atoms with Gasteiger partial charge in [-0.1, -0.05) is 6.07 Å². The third-order valence-corrected chi connectivity index (χ3v) is 3.95. The minimum atomic E-state index is -1.11. The first-order chi connectivity index (χ1) is 12.0. The summed E-state index contributed by atoms with van der Waals surface area (Å²) < 4.78 is 23.7. The lowest BCUT2D eigenvalue weighted by atomic mass is 10.1. The van der Waals surface area contributed by atoms with Crippen molar-refractivity contribution in [3.05, 3.63) is 58.9 Å². The highest BCUT2D eigenvalue weighted by Crippen LogP contribution is 2.29. The molecule has 0 radical (unpaired) electrons. The summed E-state index contributed by atoms with van der Waals surface area (Å²) in [7, 11) is 1.39. The third kappa shape index (κ3) is 3.55. The van der Waals surface area contributed by atoms with E-state index in [1.165, 1.54) is 37.4 Å². The lowest BCUT2D eigenvalue weighted by Crippen LogP contribution is -2.37. The van der Waals surface area contributed by atoms with Crippen LogP contribution in [0.2, 0.25) is 0 Å². The molecule has 0 aromatic heterocycles. The van der Waals surface area contributed by atoms with Gasteiger partial charge in [-0.15, -0.1) is 0 Å². The number of methoxy groups -OCH3 is 1. The molecule has 1 atom stereocenters. The molecule has 25 heavy (non-hydrogen) atoms. The predicted octanol–water partition coefficient (Wildman–Crippen LogP) is 2.15. The quantitative estimate of drug-likeness (QED) is 0.867. The standard InChI is InChI=1S/C18H16FNO5/c1-24-15-4-2-10(6-13(15)18(22)23)9-20-17(21)16-8-11-7-12(19)3-5-14(11)25-16/h2-7,16H,8-9H2,1H3,(H,20,21)(H,22,23)/t16-/m1/s1. The lowest BCUT2D eigenvalue weighted by molar-refractivity contribution is -0.127. The second kappa shape index (κ2) is 6.80. The minimum absolute atomic E-state index is 0.0224. The average molecular weight is 345 g/mol. The number of hydrogen-bond donors (Lipinski definition) is 2. The molecule has 0 spiro atoms. The van der Waals surface area contributed by atoms with Crippen molar-refractivity contribution in [1.82, 2.24) is 5.32 Å². The second-order valence-electron chi connectivity index (χ2n) is 5.62. The highest BCUT2D eigenvalue weighted by molar-refractivity contribution is 5.91. The van der Waals surface area contributed by atoms with E-state index in [1.54, 1.807) is 6.07 Å². The van der Waals surface area contributed by atoms with E-state index >= 15 is 0 Å².